The van der Waals surface area contributed by atoms with Crippen LogP contribution in [-0.4, -0.2) is 25.1 Å². The molecule has 3 heterocycles. The van der Waals surface area contributed by atoms with Crippen LogP contribution >= 0.6 is 0 Å². The Kier molecular flexibility index (Phi) is 5.76. The lowest BCUT2D eigenvalue weighted by atomic mass is 10.1. The average molecular weight is 402 g/mol. The third-order valence-electron chi connectivity index (χ3n) is 5.11. The van der Waals surface area contributed by atoms with Gasteiger partial charge >= 0.3 is 11.7 Å². The molecule has 0 aliphatic carbocycles. The van der Waals surface area contributed by atoms with Crippen LogP contribution in [0.3, 0.4) is 0 Å². The number of carbonyl (C=O) groups excluding carboxylic acids is 1. The van der Waals surface area contributed by atoms with Crippen LogP contribution in [-0.2, 0) is 24.4 Å². The molecule has 0 amide bonds. The van der Waals surface area contributed by atoms with Crippen molar-refractivity contribution in [2.45, 2.75) is 67.2 Å². The molecular formula is C20H26N4O5. The number of H-pyrrole nitrogens is 1. The number of furan rings is 1. The molecule has 0 radical (unpaired) electrons. The second kappa shape index (κ2) is 8.10. The highest BCUT2D eigenvalue weighted by Crippen LogP contribution is 2.22. The van der Waals surface area contributed by atoms with Crippen LogP contribution in [0.5, 0.6) is 0 Å². The Balaban J connectivity index is 1.99. The van der Waals surface area contributed by atoms with E-state index in [0.717, 1.165) is 18.4 Å². The number of nitrogens with zero attached hydrogens (tertiary/aromatic N) is 3. The molecule has 3 aromatic heterocycles. The van der Waals surface area contributed by atoms with Crippen LogP contribution in [0.25, 0.3) is 11.2 Å². The van der Waals surface area contributed by atoms with Crippen molar-refractivity contribution in [1.82, 2.24) is 19.1 Å². The van der Waals surface area contributed by atoms with E-state index in [4.69, 9.17) is 9.15 Å². The Morgan fingerprint density at radius 2 is 1.86 bits per heavy atom. The van der Waals surface area contributed by atoms with Gasteiger partial charge in [0.25, 0.3) is 5.56 Å². The number of rotatable bonds is 7. The zero-order chi connectivity index (χ0) is 21.3. The average Bonchev–Trinajstić information content (AvgIpc) is 3.16. The molecule has 3 aromatic rings. The molecule has 0 saturated carbocycles. The van der Waals surface area contributed by atoms with Crippen LogP contribution in [0.1, 0.15) is 60.0 Å². The van der Waals surface area contributed by atoms with Crippen molar-refractivity contribution in [3.05, 3.63) is 49.3 Å². The van der Waals surface area contributed by atoms with E-state index in [0.29, 0.717) is 47.2 Å². The van der Waals surface area contributed by atoms with Crippen molar-refractivity contribution in [2.24, 2.45) is 0 Å². The molecule has 0 aliphatic rings. The van der Waals surface area contributed by atoms with Crippen molar-refractivity contribution >= 4 is 17.1 Å². The van der Waals surface area contributed by atoms with Gasteiger partial charge in [-0.3, -0.25) is 14.3 Å². The molecule has 0 unspecified atom stereocenters. The first-order valence-corrected chi connectivity index (χ1v) is 9.76. The maximum atomic E-state index is 12.6. The number of hydrogen-bond acceptors (Lipinski definition) is 6. The fourth-order valence-electron chi connectivity index (χ4n) is 3.49. The maximum absolute atomic E-state index is 12.6. The Labute approximate surface area is 167 Å². The number of aromatic nitrogens is 4. The quantitative estimate of drug-likeness (QED) is 0.608. The smallest absolute Gasteiger partial charge is 0.342 e. The van der Waals surface area contributed by atoms with Gasteiger partial charge in [-0.1, -0.05) is 13.3 Å². The van der Waals surface area contributed by atoms with E-state index >= 15 is 0 Å². The lowest BCUT2D eigenvalue weighted by molar-refractivity contribution is 0.0456. The SMILES string of the molecule is CCCCn1c(=O)[nH]c(=O)c2c1nc(COC(=O)c1c(C)oc(C)c1C)n2CC. The van der Waals surface area contributed by atoms with Crippen molar-refractivity contribution < 1.29 is 13.9 Å². The second-order valence-electron chi connectivity index (χ2n) is 7.00. The van der Waals surface area contributed by atoms with E-state index < -0.39 is 17.2 Å². The van der Waals surface area contributed by atoms with Gasteiger partial charge in [-0.05, 0) is 34.1 Å². The summed E-state index contributed by atoms with van der Waals surface area (Å²) in [5, 5.41) is 0. The van der Waals surface area contributed by atoms with Gasteiger partial charge in [0.1, 0.15) is 29.5 Å². The van der Waals surface area contributed by atoms with Gasteiger partial charge in [-0.15, -0.1) is 0 Å². The van der Waals surface area contributed by atoms with Gasteiger partial charge in [0.15, 0.2) is 11.2 Å². The van der Waals surface area contributed by atoms with Gasteiger partial charge in [0, 0.05) is 18.7 Å². The Bertz CT molecular complexity index is 1180. The third-order valence-corrected chi connectivity index (χ3v) is 5.11. The number of imidazole rings is 1. The highest BCUT2D eigenvalue weighted by Gasteiger charge is 2.22. The fraction of sp³-hybridized carbons (Fsp3) is 0.500. The van der Waals surface area contributed by atoms with E-state index in [1.807, 2.05) is 13.8 Å². The summed E-state index contributed by atoms with van der Waals surface area (Å²) in [5.74, 6) is 1.07. The van der Waals surface area contributed by atoms with Crippen LogP contribution in [0.15, 0.2) is 14.0 Å². The molecule has 3 rings (SSSR count). The normalized spacial score (nSPS) is 11.3. The van der Waals surface area contributed by atoms with Crippen LogP contribution in [0.2, 0.25) is 0 Å². The number of carbonyl (C=O) groups is 1. The van der Waals surface area contributed by atoms with Gasteiger partial charge in [0.2, 0.25) is 0 Å². The monoisotopic (exact) mass is 402 g/mol. The molecule has 0 saturated heterocycles. The zero-order valence-corrected chi connectivity index (χ0v) is 17.4. The maximum Gasteiger partial charge on any atom is 0.342 e. The number of fused-ring (bicyclic) bond motifs is 1. The zero-order valence-electron chi connectivity index (χ0n) is 17.4. The van der Waals surface area contributed by atoms with Gasteiger partial charge in [-0.2, -0.15) is 0 Å². The first kappa shape index (κ1) is 20.6. The van der Waals surface area contributed by atoms with Crippen LogP contribution in [0.4, 0.5) is 0 Å². The molecule has 29 heavy (non-hydrogen) atoms. The highest BCUT2D eigenvalue weighted by molar-refractivity contribution is 5.92. The number of esters is 1. The molecule has 156 valence electrons. The minimum absolute atomic E-state index is 0.119. The molecule has 0 atom stereocenters. The summed E-state index contributed by atoms with van der Waals surface area (Å²) in [5.41, 5.74) is 0.773. The van der Waals surface area contributed by atoms with E-state index in [1.165, 1.54) is 4.57 Å². The predicted molar refractivity (Wildman–Crippen MR) is 107 cm³/mol. The number of unbranched alkanes of at least 4 members (excludes halogenated alkanes) is 1. The lowest BCUT2D eigenvalue weighted by Gasteiger charge is -2.07. The first-order chi connectivity index (χ1) is 13.8. The van der Waals surface area contributed by atoms with Crippen molar-refractivity contribution in [3.8, 4) is 0 Å². The van der Waals surface area contributed by atoms with Crippen LogP contribution < -0.4 is 11.2 Å². The number of aryl methyl sites for hydroxylation is 4. The molecule has 0 bridgehead atoms. The largest absolute Gasteiger partial charge is 0.465 e. The summed E-state index contributed by atoms with van der Waals surface area (Å²) in [6.07, 6.45) is 1.68. The molecular weight excluding hydrogens is 376 g/mol. The fourth-order valence-corrected chi connectivity index (χ4v) is 3.49. The molecule has 9 nitrogen and oxygen atoms in total. The molecule has 0 aliphatic heterocycles. The minimum Gasteiger partial charge on any atom is -0.465 e. The number of ether oxygens (including phenoxy) is 1. The summed E-state index contributed by atoms with van der Waals surface area (Å²) in [6.45, 7) is 9.96. The Morgan fingerprint density at radius 1 is 1.14 bits per heavy atom. The minimum atomic E-state index is -0.510. The van der Waals surface area contributed by atoms with Crippen LogP contribution in [0, 0.1) is 20.8 Å². The second-order valence-corrected chi connectivity index (χ2v) is 7.00. The molecule has 0 aromatic carbocycles. The van der Waals surface area contributed by atoms with Gasteiger partial charge < -0.3 is 13.7 Å². The third kappa shape index (κ3) is 3.64. The summed E-state index contributed by atoms with van der Waals surface area (Å²) in [6, 6.07) is 0. The summed E-state index contributed by atoms with van der Waals surface area (Å²) >= 11 is 0. The highest BCUT2D eigenvalue weighted by atomic mass is 16.5. The number of hydrogen-bond donors (Lipinski definition) is 1. The molecule has 0 spiro atoms. The lowest BCUT2D eigenvalue weighted by Crippen LogP contribution is -2.31. The first-order valence-electron chi connectivity index (χ1n) is 9.76. The van der Waals surface area contributed by atoms with E-state index in [2.05, 4.69) is 9.97 Å². The van der Waals surface area contributed by atoms with Crippen molar-refractivity contribution in [2.75, 3.05) is 0 Å². The van der Waals surface area contributed by atoms with E-state index in [9.17, 15) is 14.4 Å². The summed E-state index contributed by atoms with van der Waals surface area (Å²) < 4.78 is 14.1. The Morgan fingerprint density at radius 3 is 2.45 bits per heavy atom. The number of nitrogens with one attached hydrogen (secondary N) is 1. The van der Waals surface area contributed by atoms with Gasteiger partial charge in [0.05, 0.1) is 0 Å². The standard InChI is InChI=1S/C20H26N4O5/c1-6-8-9-24-17-16(18(25)22-20(24)27)23(7-2)14(21-17)10-28-19(26)15-11(3)12(4)29-13(15)5/h6-10H2,1-5H3,(H,22,25,27). The Hall–Kier alpha value is -3.10. The summed E-state index contributed by atoms with van der Waals surface area (Å²) in [4.78, 5) is 44.1. The molecule has 1 N–H and O–H groups in total. The summed E-state index contributed by atoms with van der Waals surface area (Å²) in [7, 11) is 0. The van der Waals surface area contributed by atoms with Gasteiger partial charge in [-0.25, -0.2) is 14.6 Å². The van der Waals surface area contributed by atoms with Crippen molar-refractivity contribution in [3.63, 3.8) is 0 Å². The predicted octanol–water partition coefficient (Wildman–Crippen LogP) is 2.58. The van der Waals surface area contributed by atoms with E-state index in [-0.39, 0.29) is 6.61 Å². The van der Waals surface area contributed by atoms with Crippen molar-refractivity contribution in [1.29, 1.82) is 0 Å². The molecule has 9 heteroatoms. The molecule has 0 fully saturated rings. The topological polar surface area (TPSA) is 112 Å². The van der Waals surface area contributed by atoms with E-state index in [1.54, 1.807) is 25.3 Å². The number of aromatic amines is 1.